The van der Waals surface area contributed by atoms with Gasteiger partial charge in [0.1, 0.15) is 17.8 Å². The van der Waals surface area contributed by atoms with E-state index in [0.29, 0.717) is 0 Å². The maximum Gasteiger partial charge on any atom is 0.351 e. The minimum Gasteiger partial charge on any atom is -0.394 e. The van der Waals surface area contributed by atoms with E-state index in [9.17, 15) is 15.0 Å². The number of hydrogen-bond acceptors (Lipinski definition) is 7. The molecular formula is C11H14IN3O5. The van der Waals surface area contributed by atoms with Crippen LogP contribution in [0.3, 0.4) is 0 Å². The van der Waals surface area contributed by atoms with Gasteiger partial charge in [0.2, 0.25) is 0 Å². The second kappa shape index (κ2) is 5.85. The summed E-state index contributed by atoms with van der Waals surface area (Å²) in [6, 6.07) is 1.48. The molecule has 20 heavy (non-hydrogen) atoms. The number of aliphatic hydroxyl groups excluding tert-OH is 2. The van der Waals surface area contributed by atoms with E-state index in [2.05, 4.69) is 9.98 Å². The zero-order valence-corrected chi connectivity index (χ0v) is 12.7. The third-order valence-electron chi connectivity index (χ3n) is 3.18. The van der Waals surface area contributed by atoms with Crippen LogP contribution >= 0.6 is 22.6 Å². The van der Waals surface area contributed by atoms with Crippen molar-refractivity contribution in [1.82, 2.24) is 9.55 Å². The maximum atomic E-state index is 11.9. The van der Waals surface area contributed by atoms with Gasteiger partial charge in [-0.05, 0) is 35.6 Å². The Morgan fingerprint density at radius 1 is 1.70 bits per heavy atom. The number of aliphatic hydroxyl groups is 3. The van der Waals surface area contributed by atoms with Crippen molar-refractivity contribution >= 4 is 32.6 Å². The predicted molar refractivity (Wildman–Crippen MR) is 78.3 cm³/mol. The van der Waals surface area contributed by atoms with Gasteiger partial charge in [0, 0.05) is 6.20 Å². The minimum absolute atomic E-state index is 0.234. The first kappa shape index (κ1) is 15.5. The third kappa shape index (κ3) is 2.63. The van der Waals surface area contributed by atoms with E-state index in [0.717, 1.165) is 4.57 Å². The molecule has 9 heteroatoms. The molecule has 0 radical (unpaired) electrons. The fraction of sp³-hybridized carbons (Fsp3) is 0.545. The molecule has 1 aliphatic rings. The van der Waals surface area contributed by atoms with E-state index in [1.807, 2.05) is 22.6 Å². The summed E-state index contributed by atoms with van der Waals surface area (Å²) < 4.78 is 7.87. The van der Waals surface area contributed by atoms with Gasteiger partial charge in [-0.1, -0.05) is 0 Å². The van der Waals surface area contributed by atoms with Crippen LogP contribution in [0.5, 0.6) is 0 Å². The molecule has 1 fully saturated rings. The average Bonchev–Trinajstić information content (AvgIpc) is 2.62. The normalized spacial score (nSPS) is 34.0. The monoisotopic (exact) mass is 395 g/mol. The smallest absolute Gasteiger partial charge is 0.351 e. The number of aliphatic imine (C=N–C) groups is 1. The van der Waals surface area contributed by atoms with Crippen molar-refractivity contribution in [2.24, 2.45) is 4.99 Å². The fourth-order valence-electron chi connectivity index (χ4n) is 2.09. The van der Waals surface area contributed by atoms with Gasteiger partial charge >= 0.3 is 5.69 Å². The molecule has 1 aromatic rings. The minimum atomic E-state index is -1.72. The lowest BCUT2D eigenvalue weighted by atomic mass is 9.96. The summed E-state index contributed by atoms with van der Waals surface area (Å²) >= 11 is 1.90. The van der Waals surface area contributed by atoms with Crippen LogP contribution in [0.4, 0.5) is 5.82 Å². The first-order chi connectivity index (χ1) is 9.41. The Bertz CT molecular complexity index is 573. The number of rotatable bonds is 3. The van der Waals surface area contributed by atoms with E-state index in [1.54, 1.807) is 0 Å². The van der Waals surface area contributed by atoms with Crippen molar-refractivity contribution in [3.8, 4) is 0 Å². The molecule has 1 saturated heterocycles. The second-order valence-corrected chi connectivity index (χ2v) is 5.14. The topological polar surface area (TPSA) is 117 Å². The lowest BCUT2D eigenvalue weighted by Gasteiger charge is -2.27. The molecule has 0 spiro atoms. The number of hydrogen-bond donors (Lipinski definition) is 3. The molecule has 8 nitrogen and oxygen atoms in total. The van der Waals surface area contributed by atoms with Crippen LogP contribution in [0, 0.1) is 0 Å². The Hall–Kier alpha value is -0.880. The molecule has 1 aliphatic heterocycles. The van der Waals surface area contributed by atoms with Crippen molar-refractivity contribution in [2.45, 2.75) is 31.0 Å². The zero-order valence-electron chi connectivity index (χ0n) is 10.5. The molecule has 1 aromatic heterocycles. The van der Waals surface area contributed by atoms with Crippen LogP contribution in [0.15, 0.2) is 22.1 Å². The van der Waals surface area contributed by atoms with Crippen LogP contribution in [0.25, 0.3) is 0 Å². The van der Waals surface area contributed by atoms with E-state index < -0.39 is 36.3 Å². The SMILES string of the molecule is CC1(O)[C@@H](n2ccc(N=CI)nc2=O)O[C@H](CO)[C@@H]1O. The van der Waals surface area contributed by atoms with Gasteiger partial charge in [0.25, 0.3) is 0 Å². The Morgan fingerprint density at radius 2 is 2.40 bits per heavy atom. The van der Waals surface area contributed by atoms with Gasteiger partial charge in [-0.3, -0.25) is 4.57 Å². The second-order valence-electron chi connectivity index (χ2n) is 4.58. The van der Waals surface area contributed by atoms with Crippen molar-refractivity contribution in [1.29, 1.82) is 0 Å². The summed E-state index contributed by atoms with van der Waals surface area (Å²) in [7, 11) is 0. The van der Waals surface area contributed by atoms with E-state index in [-0.39, 0.29) is 5.82 Å². The van der Waals surface area contributed by atoms with E-state index >= 15 is 0 Å². The zero-order chi connectivity index (χ0) is 14.9. The summed E-state index contributed by atoms with van der Waals surface area (Å²) in [6.07, 6.45) is -2.03. The Kier molecular flexibility index (Phi) is 4.54. The van der Waals surface area contributed by atoms with E-state index in [1.165, 1.54) is 23.4 Å². The van der Waals surface area contributed by atoms with Crippen molar-refractivity contribution < 1.29 is 20.1 Å². The number of aromatic nitrogens is 2. The lowest BCUT2D eigenvalue weighted by molar-refractivity contribution is -0.0986. The number of ether oxygens (including phenoxy) is 1. The first-order valence-electron chi connectivity index (χ1n) is 5.80. The highest BCUT2D eigenvalue weighted by Crippen LogP contribution is 2.37. The summed E-state index contributed by atoms with van der Waals surface area (Å²) in [5.74, 6) is 0.234. The number of nitrogens with zero attached hydrogens (tertiary/aromatic N) is 3. The van der Waals surface area contributed by atoms with Crippen molar-refractivity contribution in [3.63, 3.8) is 0 Å². The van der Waals surface area contributed by atoms with Crippen molar-refractivity contribution in [2.75, 3.05) is 6.61 Å². The maximum absolute atomic E-state index is 11.9. The molecule has 3 N–H and O–H groups in total. The van der Waals surface area contributed by atoms with Crippen LogP contribution in [-0.2, 0) is 4.74 Å². The molecule has 0 aliphatic carbocycles. The third-order valence-corrected chi connectivity index (χ3v) is 3.46. The lowest BCUT2D eigenvalue weighted by Crippen LogP contribution is -2.46. The Morgan fingerprint density at radius 3 is 2.90 bits per heavy atom. The molecule has 0 amide bonds. The average molecular weight is 395 g/mol. The van der Waals surface area contributed by atoms with Gasteiger partial charge < -0.3 is 20.1 Å². The standard InChI is InChI=1S/C11H14IN3O5/c1-11(19)8(17)6(4-16)20-9(11)15-3-2-7(13-5-12)14-10(15)18/h2-3,5-6,8-9,16-17,19H,4H2,1H3/t6-,8+,9+,11?/m1/s1. The molecule has 0 aromatic carbocycles. The Balaban J connectivity index is 2.39. The summed E-state index contributed by atoms with van der Waals surface area (Å²) in [4.78, 5) is 19.5. The molecule has 1 unspecified atom stereocenters. The molecule has 110 valence electrons. The molecule has 0 bridgehead atoms. The van der Waals surface area contributed by atoms with Gasteiger partial charge in [-0.2, -0.15) is 4.98 Å². The largest absolute Gasteiger partial charge is 0.394 e. The Labute approximate surface area is 127 Å². The summed E-state index contributed by atoms with van der Waals surface area (Å²) in [6.45, 7) is 0.870. The number of halogens is 1. The van der Waals surface area contributed by atoms with Gasteiger partial charge in [0.15, 0.2) is 12.0 Å². The first-order valence-corrected chi connectivity index (χ1v) is 7.05. The summed E-state index contributed by atoms with van der Waals surface area (Å²) in [5.41, 5.74) is -2.38. The highest BCUT2D eigenvalue weighted by molar-refractivity contribution is 14.1. The van der Waals surface area contributed by atoms with Gasteiger partial charge in [0.05, 0.1) is 10.8 Å². The summed E-state index contributed by atoms with van der Waals surface area (Å²) in [5, 5.41) is 29.3. The highest BCUT2D eigenvalue weighted by Gasteiger charge is 2.53. The van der Waals surface area contributed by atoms with E-state index in [4.69, 9.17) is 9.84 Å². The molecule has 2 rings (SSSR count). The highest BCUT2D eigenvalue weighted by atomic mass is 127. The fourth-order valence-corrected chi connectivity index (χ4v) is 2.38. The van der Waals surface area contributed by atoms with Crippen LogP contribution in [-0.4, -0.2) is 53.5 Å². The van der Waals surface area contributed by atoms with Crippen LogP contribution < -0.4 is 5.69 Å². The predicted octanol–water partition coefficient (Wildman–Crippen LogP) is -0.660. The van der Waals surface area contributed by atoms with Crippen molar-refractivity contribution in [3.05, 3.63) is 22.7 Å². The van der Waals surface area contributed by atoms with Gasteiger partial charge in [-0.15, -0.1) is 0 Å². The van der Waals surface area contributed by atoms with Crippen LogP contribution in [0.2, 0.25) is 0 Å². The molecule has 4 atom stereocenters. The molecule has 2 heterocycles. The van der Waals surface area contributed by atoms with Gasteiger partial charge in [-0.25, -0.2) is 9.79 Å². The molecular weight excluding hydrogens is 381 g/mol. The van der Waals surface area contributed by atoms with Crippen LogP contribution in [0.1, 0.15) is 13.2 Å². The molecule has 0 saturated carbocycles. The quantitative estimate of drug-likeness (QED) is 0.462.